The summed E-state index contributed by atoms with van der Waals surface area (Å²) >= 11 is 6.09. The van der Waals surface area contributed by atoms with Crippen molar-refractivity contribution in [2.75, 3.05) is 17.1 Å². The third kappa shape index (κ3) is 9.10. The van der Waals surface area contributed by atoms with Gasteiger partial charge in [0, 0.05) is 37.0 Å². The highest BCUT2D eigenvalue weighted by atomic mass is 35.5. The second-order valence-electron chi connectivity index (χ2n) is 10.2. The first-order chi connectivity index (χ1) is 19.0. The number of aryl methyl sites for hydroxylation is 1. The van der Waals surface area contributed by atoms with Crippen LogP contribution in [0.4, 0.5) is 5.69 Å². The van der Waals surface area contributed by atoms with Gasteiger partial charge in [0.05, 0.1) is 11.9 Å². The molecule has 1 atom stereocenters. The van der Waals surface area contributed by atoms with E-state index in [-0.39, 0.29) is 37.4 Å². The van der Waals surface area contributed by atoms with Crippen molar-refractivity contribution in [3.63, 3.8) is 0 Å². The third-order valence-electron chi connectivity index (χ3n) is 6.50. The standard InChI is InChI=1S/C31H38ClN3O4S/c1-23(2)33-31(37)29(21-25-12-6-5-7-13-25)34(22-26-16-18-27(32)19-17-26)30(36)15-10-20-35(40(4,38)39)28-14-9-8-11-24(28)3/h5-9,11-14,16-19,23,29H,10,15,20-22H2,1-4H3,(H,33,37)/t29-/m0/s1. The van der Waals surface area contributed by atoms with Crippen molar-refractivity contribution in [3.8, 4) is 0 Å². The number of sulfonamides is 1. The minimum Gasteiger partial charge on any atom is -0.352 e. The largest absolute Gasteiger partial charge is 0.352 e. The molecule has 0 saturated heterocycles. The summed E-state index contributed by atoms with van der Waals surface area (Å²) in [5.74, 6) is -0.466. The van der Waals surface area contributed by atoms with Crippen LogP contribution in [0.15, 0.2) is 78.9 Å². The Balaban J connectivity index is 1.88. The highest BCUT2D eigenvalue weighted by Crippen LogP contribution is 2.23. The molecule has 40 heavy (non-hydrogen) atoms. The molecule has 0 fully saturated rings. The maximum absolute atomic E-state index is 13.8. The van der Waals surface area contributed by atoms with Crippen molar-refractivity contribution in [1.29, 1.82) is 0 Å². The minimum absolute atomic E-state index is 0.0751. The quantitative estimate of drug-likeness (QED) is 0.293. The van der Waals surface area contributed by atoms with E-state index in [2.05, 4.69) is 5.32 Å². The molecule has 2 amide bonds. The average molecular weight is 584 g/mol. The molecule has 7 nitrogen and oxygen atoms in total. The first kappa shape index (κ1) is 31.2. The molecule has 0 saturated carbocycles. The zero-order valence-corrected chi connectivity index (χ0v) is 25.1. The predicted molar refractivity (Wildman–Crippen MR) is 162 cm³/mol. The van der Waals surface area contributed by atoms with Crippen LogP contribution >= 0.6 is 11.6 Å². The van der Waals surface area contributed by atoms with E-state index in [1.807, 2.05) is 75.4 Å². The normalized spacial score (nSPS) is 12.2. The highest BCUT2D eigenvalue weighted by molar-refractivity contribution is 7.92. The van der Waals surface area contributed by atoms with Crippen LogP contribution in [-0.2, 0) is 32.6 Å². The van der Waals surface area contributed by atoms with Gasteiger partial charge in [-0.25, -0.2) is 8.42 Å². The number of carbonyl (C=O) groups is 2. The van der Waals surface area contributed by atoms with E-state index in [0.717, 1.165) is 16.7 Å². The van der Waals surface area contributed by atoms with Gasteiger partial charge in [0.1, 0.15) is 6.04 Å². The number of carbonyl (C=O) groups excluding carboxylic acids is 2. The Morgan fingerprint density at radius 1 is 0.900 bits per heavy atom. The van der Waals surface area contributed by atoms with Crippen molar-refractivity contribution < 1.29 is 18.0 Å². The molecule has 0 aliphatic carbocycles. The van der Waals surface area contributed by atoms with E-state index in [4.69, 9.17) is 11.6 Å². The number of benzene rings is 3. The van der Waals surface area contributed by atoms with E-state index in [0.29, 0.717) is 23.6 Å². The van der Waals surface area contributed by atoms with E-state index in [1.54, 1.807) is 29.2 Å². The van der Waals surface area contributed by atoms with Crippen LogP contribution in [0.1, 0.15) is 43.4 Å². The summed E-state index contributed by atoms with van der Waals surface area (Å²) in [5, 5.41) is 3.55. The van der Waals surface area contributed by atoms with Gasteiger partial charge in [-0.2, -0.15) is 0 Å². The van der Waals surface area contributed by atoms with Gasteiger partial charge < -0.3 is 10.2 Å². The maximum Gasteiger partial charge on any atom is 0.243 e. The topological polar surface area (TPSA) is 86.8 Å². The highest BCUT2D eigenvalue weighted by Gasteiger charge is 2.31. The second kappa shape index (κ2) is 14.3. The molecule has 0 spiro atoms. The molecule has 0 unspecified atom stereocenters. The average Bonchev–Trinajstić information content (AvgIpc) is 2.89. The minimum atomic E-state index is -3.56. The zero-order chi connectivity index (χ0) is 29.3. The lowest BCUT2D eigenvalue weighted by Gasteiger charge is -2.32. The molecular weight excluding hydrogens is 546 g/mol. The van der Waals surface area contributed by atoms with E-state index in [9.17, 15) is 18.0 Å². The number of nitrogens with one attached hydrogen (secondary N) is 1. The van der Waals surface area contributed by atoms with Crippen LogP contribution in [0, 0.1) is 6.92 Å². The number of hydrogen-bond donors (Lipinski definition) is 1. The van der Waals surface area contributed by atoms with Crippen LogP contribution in [0.2, 0.25) is 5.02 Å². The van der Waals surface area contributed by atoms with Crippen LogP contribution < -0.4 is 9.62 Å². The van der Waals surface area contributed by atoms with Crippen molar-refractivity contribution in [2.24, 2.45) is 0 Å². The zero-order valence-electron chi connectivity index (χ0n) is 23.5. The SMILES string of the molecule is Cc1ccccc1N(CCCC(=O)N(Cc1ccc(Cl)cc1)[C@@H](Cc1ccccc1)C(=O)NC(C)C)S(C)(=O)=O. The Morgan fingerprint density at radius 2 is 1.52 bits per heavy atom. The summed E-state index contributed by atoms with van der Waals surface area (Å²) in [6.45, 7) is 5.98. The molecule has 1 N–H and O–H groups in total. The van der Waals surface area contributed by atoms with E-state index < -0.39 is 16.1 Å². The first-order valence-corrected chi connectivity index (χ1v) is 15.6. The Morgan fingerprint density at radius 3 is 2.12 bits per heavy atom. The van der Waals surface area contributed by atoms with Gasteiger partial charge in [-0.3, -0.25) is 13.9 Å². The van der Waals surface area contributed by atoms with E-state index in [1.165, 1.54) is 10.6 Å². The maximum atomic E-state index is 13.8. The second-order valence-corrected chi connectivity index (χ2v) is 12.6. The Kier molecular flexibility index (Phi) is 11.2. The van der Waals surface area contributed by atoms with Crippen LogP contribution in [0.25, 0.3) is 0 Å². The lowest BCUT2D eigenvalue weighted by molar-refractivity contribution is -0.141. The number of halogens is 1. The van der Waals surface area contributed by atoms with Gasteiger partial charge >= 0.3 is 0 Å². The number of hydrogen-bond acceptors (Lipinski definition) is 4. The van der Waals surface area contributed by atoms with Crippen LogP contribution in [0.3, 0.4) is 0 Å². The smallest absolute Gasteiger partial charge is 0.243 e. The van der Waals surface area contributed by atoms with Gasteiger partial charge in [-0.15, -0.1) is 0 Å². The van der Waals surface area contributed by atoms with Gasteiger partial charge in [0.25, 0.3) is 0 Å². The monoisotopic (exact) mass is 583 g/mol. The third-order valence-corrected chi connectivity index (χ3v) is 7.94. The first-order valence-electron chi connectivity index (χ1n) is 13.4. The van der Waals surface area contributed by atoms with Crippen LogP contribution in [-0.4, -0.2) is 50.0 Å². The fourth-order valence-corrected chi connectivity index (χ4v) is 5.70. The Labute approximate surface area is 243 Å². The van der Waals surface area contributed by atoms with Crippen molar-refractivity contribution >= 4 is 39.1 Å². The molecule has 3 rings (SSSR count). The van der Waals surface area contributed by atoms with Crippen molar-refractivity contribution in [2.45, 2.75) is 58.7 Å². The predicted octanol–water partition coefficient (Wildman–Crippen LogP) is 5.36. The lowest BCUT2D eigenvalue weighted by Crippen LogP contribution is -2.51. The van der Waals surface area contributed by atoms with Crippen molar-refractivity contribution in [1.82, 2.24) is 10.2 Å². The molecule has 0 bridgehead atoms. The number of amides is 2. The van der Waals surface area contributed by atoms with Gasteiger partial charge in [0.2, 0.25) is 21.8 Å². The Hall–Kier alpha value is -3.36. The number of anilines is 1. The molecule has 3 aromatic rings. The summed E-state index contributed by atoms with van der Waals surface area (Å²) in [7, 11) is -3.56. The summed E-state index contributed by atoms with van der Waals surface area (Å²) in [6, 6.07) is 23.2. The number of rotatable bonds is 13. The molecule has 214 valence electrons. The van der Waals surface area contributed by atoms with E-state index >= 15 is 0 Å². The summed E-state index contributed by atoms with van der Waals surface area (Å²) in [6.07, 6.45) is 1.88. The molecule has 0 radical (unpaired) electrons. The van der Waals surface area contributed by atoms with Gasteiger partial charge in [0.15, 0.2) is 0 Å². The summed E-state index contributed by atoms with van der Waals surface area (Å²) in [4.78, 5) is 28.9. The molecule has 0 aromatic heterocycles. The summed E-state index contributed by atoms with van der Waals surface area (Å²) in [5.41, 5.74) is 3.19. The Bertz CT molecular complexity index is 1380. The van der Waals surface area contributed by atoms with Crippen molar-refractivity contribution in [3.05, 3.63) is 101 Å². The summed E-state index contributed by atoms with van der Waals surface area (Å²) < 4.78 is 26.6. The molecule has 9 heteroatoms. The molecule has 3 aromatic carbocycles. The lowest BCUT2D eigenvalue weighted by atomic mass is 10.0. The molecular formula is C31H38ClN3O4S. The number of para-hydroxylation sites is 1. The van der Waals surface area contributed by atoms with Gasteiger partial charge in [-0.05, 0) is 62.1 Å². The van der Waals surface area contributed by atoms with Gasteiger partial charge in [-0.1, -0.05) is 72.3 Å². The fraction of sp³-hybridized carbons (Fsp3) is 0.355. The fourth-order valence-electron chi connectivity index (χ4n) is 4.55. The van der Waals surface area contributed by atoms with Crippen LogP contribution in [0.5, 0.6) is 0 Å². The molecule has 0 aliphatic rings. The molecule has 0 aliphatic heterocycles. The number of nitrogens with zero attached hydrogens (tertiary/aromatic N) is 2. The molecule has 0 heterocycles.